The minimum Gasteiger partial charge on any atom is -0.480 e. The molecule has 1 aromatic rings. The Bertz CT molecular complexity index is 720. The number of rotatable bonds is 15. The topological polar surface area (TPSA) is 241 Å². The second-order valence-electron chi connectivity index (χ2n) is 7.08. The van der Waals surface area contributed by atoms with Gasteiger partial charge in [0.05, 0.1) is 12.4 Å². The summed E-state index contributed by atoms with van der Waals surface area (Å²) in [5, 5.41) is 14.5. The molecule has 31 heavy (non-hydrogen) atoms. The molecule has 13 nitrogen and oxygen atoms in total. The van der Waals surface area contributed by atoms with E-state index in [1.54, 1.807) is 6.20 Å². The van der Waals surface area contributed by atoms with Crippen LogP contribution in [0.15, 0.2) is 17.5 Å². The number of carbonyl (C=O) groups excluding carboxylic acids is 2. The molecule has 0 saturated carbocycles. The SMILES string of the molecule is NCCCCC(NC(=O)C(N)Cc1cnc[nH]1)C(=O)NC(CCCN=C(N)N)C(=O)O. The Morgan fingerprint density at radius 1 is 1.10 bits per heavy atom. The van der Waals surface area contributed by atoms with Crippen LogP contribution in [-0.2, 0) is 20.8 Å². The Hall–Kier alpha value is -3.19. The van der Waals surface area contributed by atoms with Gasteiger partial charge in [-0.1, -0.05) is 0 Å². The van der Waals surface area contributed by atoms with E-state index in [1.807, 2.05) is 0 Å². The number of aromatic nitrogens is 2. The Balaban J connectivity index is 2.72. The highest BCUT2D eigenvalue weighted by Crippen LogP contribution is 2.05. The summed E-state index contributed by atoms with van der Waals surface area (Å²) in [5.74, 6) is -2.42. The van der Waals surface area contributed by atoms with E-state index in [1.165, 1.54) is 6.33 Å². The summed E-state index contributed by atoms with van der Waals surface area (Å²) < 4.78 is 0. The lowest BCUT2D eigenvalue weighted by Gasteiger charge is -2.23. The van der Waals surface area contributed by atoms with E-state index in [9.17, 15) is 19.5 Å². The molecule has 0 bridgehead atoms. The van der Waals surface area contributed by atoms with Crippen LogP contribution in [0.25, 0.3) is 0 Å². The first-order valence-electron chi connectivity index (χ1n) is 10.1. The molecule has 0 aliphatic carbocycles. The third-order valence-corrected chi connectivity index (χ3v) is 4.47. The average Bonchev–Trinajstić information content (AvgIpc) is 3.21. The molecular formula is C18H33N9O4. The van der Waals surface area contributed by atoms with Crippen LogP contribution in [0.1, 0.15) is 37.8 Å². The number of guanidine groups is 1. The molecule has 0 fully saturated rings. The number of nitrogens with one attached hydrogen (secondary N) is 3. The van der Waals surface area contributed by atoms with Gasteiger partial charge < -0.3 is 43.7 Å². The number of nitrogens with zero attached hydrogens (tertiary/aromatic N) is 2. The van der Waals surface area contributed by atoms with Crippen molar-refractivity contribution in [2.45, 2.75) is 56.7 Å². The van der Waals surface area contributed by atoms with Crippen molar-refractivity contribution in [2.75, 3.05) is 13.1 Å². The predicted molar refractivity (Wildman–Crippen MR) is 115 cm³/mol. The Kier molecular flexibility index (Phi) is 11.6. The summed E-state index contributed by atoms with van der Waals surface area (Å²) in [4.78, 5) is 47.2. The van der Waals surface area contributed by atoms with Gasteiger partial charge in [0.1, 0.15) is 12.1 Å². The third kappa shape index (κ3) is 10.4. The lowest BCUT2D eigenvalue weighted by Crippen LogP contribution is -2.54. The van der Waals surface area contributed by atoms with Crippen LogP contribution in [0.5, 0.6) is 0 Å². The third-order valence-electron chi connectivity index (χ3n) is 4.47. The van der Waals surface area contributed by atoms with Gasteiger partial charge in [-0.05, 0) is 38.6 Å². The van der Waals surface area contributed by atoms with Gasteiger partial charge >= 0.3 is 5.97 Å². The van der Waals surface area contributed by atoms with Crippen LogP contribution in [0.4, 0.5) is 0 Å². The van der Waals surface area contributed by atoms with Gasteiger partial charge in [0.15, 0.2) is 5.96 Å². The Morgan fingerprint density at radius 3 is 2.35 bits per heavy atom. The fraction of sp³-hybridized carbons (Fsp3) is 0.611. The van der Waals surface area contributed by atoms with Gasteiger partial charge in [-0.25, -0.2) is 9.78 Å². The van der Waals surface area contributed by atoms with Crippen molar-refractivity contribution in [3.63, 3.8) is 0 Å². The maximum absolute atomic E-state index is 12.7. The number of aromatic amines is 1. The first-order valence-corrected chi connectivity index (χ1v) is 10.1. The van der Waals surface area contributed by atoms with Gasteiger partial charge in [-0.2, -0.15) is 0 Å². The number of carboxylic acid groups (broad SMARTS) is 1. The van der Waals surface area contributed by atoms with Gasteiger partial charge in [0, 0.05) is 24.9 Å². The van der Waals surface area contributed by atoms with Crippen LogP contribution in [-0.4, -0.2) is 70.0 Å². The molecule has 3 unspecified atom stereocenters. The monoisotopic (exact) mass is 439 g/mol. The molecule has 12 N–H and O–H groups in total. The van der Waals surface area contributed by atoms with E-state index in [-0.39, 0.29) is 25.3 Å². The van der Waals surface area contributed by atoms with Crippen molar-refractivity contribution < 1.29 is 19.5 Å². The second kappa shape index (κ2) is 13.9. The molecule has 0 saturated heterocycles. The number of unbranched alkanes of at least 4 members (excludes halogenated alkanes) is 1. The number of aliphatic carboxylic acids is 1. The van der Waals surface area contributed by atoms with E-state index >= 15 is 0 Å². The molecule has 1 heterocycles. The molecule has 1 rings (SSSR count). The van der Waals surface area contributed by atoms with Crippen molar-refractivity contribution in [1.82, 2.24) is 20.6 Å². The van der Waals surface area contributed by atoms with Crippen LogP contribution < -0.4 is 33.6 Å². The van der Waals surface area contributed by atoms with Gasteiger partial charge in [0.2, 0.25) is 11.8 Å². The highest BCUT2D eigenvalue weighted by atomic mass is 16.4. The van der Waals surface area contributed by atoms with Crippen molar-refractivity contribution in [2.24, 2.45) is 27.9 Å². The molecular weight excluding hydrogens is 406 g/mol. The first-order chi connectivity index (χ1) is 14.7. The van der Waals surface area contributed by atoms with E-state index in [0.29, 0.717) is 37.9 Å². The number of imidazole rings is 1. The molecule has 0 radical (unpaired) electrons. The number of amides is 2. The number of H-pyrrole nitrogens is 1. The minimum absolute atomic E-state index is 0.0925. The number of carboxylic acids is 1. The Morgan fingerprint density at radius 2 is 1.77 bits per heavy atom. The standard InChI is InChI=1S/C18H33N9O4/c19-6-2-1-4-13(26-15(28)12(20)8-11-9-23-10-25-11)16(29)27-14(17(30)31)5-3-7-24-18(21)22/h9-10,12-14H,1-8,19-20H2,(H,23,25)(H,26,28)(H,27,29)(H,30,31)(H4,21,22,24). The summed E-state index contributed by atoms with van der Waals surface area (Å²) in [6, 6.07) is -2.99. The number of aliphatic imine (C=N–C) groups is 1. The van der Waals surface area contributed by atoms with Crippen LogP contribution >= 0.6 is 0 Å². The van der Waals surface area contributed by atoms with Gasteiger partial charge in [0.25, 0.3) is 0 Å². The van der Waals surface area contributed by atoms with Gasteiger partial charge in [-0.3, -0.25) is 14.6 Å². The normalized spacial score (nSPS) is 13.6. The zero-order valence-corrected chi connectivity index (χ0v) is 17.4. The minimum atomic E-state index is -1.19. The van der Waals surface area contributed by atoms with E-state index in [4.69, 9.17) is 22.9 Å². The Labute approximate surface area is 180 Å². The van der Waals surface area contributed by atoms with Crippen LogP contribution in [0.3, 0.4) is 0 Å². The number of hydrogen-bond donors (Lipinski definition) is 8. The lowest BCUT2D eigenvalue weighted by molar-refractivity contribution is -0.142. The predicted octanol–water partition coefficient (Wildman–Crippen LogP) is -2.48. The maximum Gasteiger partial charge on any atom is 0.326 e. The highest BCUT2D eigenvalue weighted by Gasteiger charge is 2.27. The molecule has 3 atom stereocenters. The van der Waals surface area contributed by atoms with E-state index in [0.717, 1.165) is 0 Å². The largest absolute Gasteiger partial charge is 0.480 e. The summed E-state index contributed by atoms with van der Waals surface area (Å²) in [6.45, 7) is 0.672. The fourth-order valence-electron chi connectivity index (χ4n) is 2.80. The zero-order chi connectivity index (χ0) is 23.2. The number of nitrogens with two attached hydrogens (primary N) is 4. The van der Waals surface area contributed by atoms with Crippen LogP contribution in [0, 0.1) is 0 Å². The molecule has 1 aromatic heterocycles. The molecule has 0 aliphatic heterocycles. The smallest absolute Gasteiger partial charge is 0.326 e. The van der Waals surface area contributed by atoms with Crippen LogP contribution in [0.2, 0.25) is 0 Å². The average molecular weight is 440 g/mol. The number of carbonyl (C=O) groups is 3. The molecule has 13 heteroatoms. The molecule has 0 aromatic carbocycles. The molecule has 0 aliphatic rings. The quantitative estimate of drug-likeness (QED) is 0.0817. The van der Waals surface area contributed by atoms with E-state index in [2.05, 4.69) is 25.6 Å². The van der Waals surface area contributed by atoms with Crippen molar-refractivity contribution in [1.29, 1.82) is 0 Å². The summed E-state index contributed by atoms with van der Waals surface area (Å²) in [6.07, 6.45) is 5.25. The summed E-state index contributed by atoms with van der Waals surface area (Å²) >= 11 is 0. The lowest BCUT2D eigenvalue weighted by atomic mass is 10.1. The van der Waals surface area contributed by atoms with Gasteiger partial charge in [-0.15, -0.1) is 0 Å². The number of hydrogen-bond acceptors (Lipinski definition) is 7. The van der Waals surface area contributed by atoms with Crippen molar-refractivity contribution >= 4 is 23.7 Å². The second-order valence-corrected chi connectivity index (χ2v) is 7.08. The highest BCUT2D eigenvalue weighted by molar-refractivity contribution is 5.91. The maximum atomic E-state index is 12.7. The summed E-state index contributed by atoms with van der Waals surface area (Å²) in [7, 11) is 0. The zero-order valence-electron chi connectivity index (χ0n) is 17.4. The molecule has 174 valence electrons. The summed E-state index contributed by atoms with van der Waals surface area (Å²) in [5.41, 5.74) is 22.6. The van der Waals surface area contributed by atoms with E-state index < -0.39 is 35.9 Å². The molecule has 0 spiro atoms. The van der Waals surface area contributed by atoms with Crippen molar-refractivity contribution in [3.8, 4) is 0 Å². The first kappa shape index (κ1) is 25.8. The fourth-order valence-corrected chi connectivity index (χ4v) is 2.80. The molecule has 2 amide bonds. The van der Waals surface area contributed by atoms with Crippen molar-refractivity contribution in [3.05, 3.63) is 18.2 Å².